The van der Waals surface area contributed by atoms with Gasteiger partial charge in [0.05, 0.1) is 24.1 Å². The second-order valence-corrected chi connectivity index (χ2v) is 12.5. The number of imidazole rings is 1. The summed E-state index contributed by atoms with van der Waals surface area (Å²) in [4.78, 5) is 24.6. The number of nitrogens with zero attached hydrogens (tertiary/aromatic N) is 2. The third kappa shape index (κ3) is 6.91. The number of hydrogen-bond acceptors (Lipinski definition) is 4. The molecule has 0 aliphatic rings. The molecule has 0 spiro atoms. The maximum absolute atomic E-state index is 13.8. The minimum absolute atomic E-state index is 0. The summed E-state index contributed by atoms with van der Waals surface area (Å²) in [5.74, 6) is -0.714. The standard InChI is InChI=1S/C33H39N3O4.ClH/c1-32(2,3)24-17-23(18-25(30(24)40)33(4,5)6)28(37)20-36-27-10-8-7-9-26(27)35(31(36)34)19-22-13-11-21(12-14-22)15-16-29(38)39;/h7-14,17-18,34,40H,15-16,19-20H2,1-6H3,(H,38,39);1H. The highest BCUT2D eigenvalue weighted by Gasteiger charge is 2.28. The van der Waals surface area contributed by atoms with Crippen molar-refractivity contribution >= 4 is 35.2 Å². The van der Waals surface area contributed by atoms with E-state index in [2.05, 4.69) is 0 Å². The van der Waals surface area contributed by atoms with Gasteiger partial charge >= 0.3 is 5.97 Å². The molecular weight excluding hydrogens is 538 g/mol. The Morgan fingerprint density at radius 1 is 0.805 bits per heavy atom. The Kier molecular flexibility index (Phi) is 9.24. The summed E-state index contributed by atoms with van der Waals surface area (Å²) in [6.07, 6.45) is 0.557. The number of hydrogen-bond donors (Lipinski definition) is 3. The van der Waals surface area contributed by atoms with Gasteiger partial charge in [-0.25, -0.2) is 0 Å². The third-order valence-corrected chi connectivity index (χ3v) is 7.32. The molecule has 0 saturated heterocycles. The van der Waals surface area contributed by atoms with E-state index in [9.17, 15) is 14.7 Å². The lowest BCUT2D eigenvalue weighted by Gasteiger charge is -2.28. The van der Waals surface area contributed by atoms with Crippen LogP contribution in [0.5, 0.6) is 5.75 Å². The van der Waals surface area contributed by atoms with Gasteiger partial charge in [0.25, 0.3) is 0 Å². The van der Waals surface area contributed by atoms with Crippen LogP contribution in [0.4, 0.5) is 0 Å². The fourth-order valence-corrected chi connectivity index (χ4v) is 5.03. The first-order valence-corrected chi connectivity index (χ1v) is 13.6. The average Bonchev–Trinajstić information content (AvgIpc) is 3.13. The average molecular weight is 578 g/mol. The number of phenolic OH excluding ortho intramolecular Hbond substituents is 1. The van der Waals surface area contributed by atoms with Gasteiger partial charge in [0.15, 0.2) is 5.78 Å². The van der Waals surface area contributed by atoms with E-state index in [1.54, 1.807) is 16.7 Å². The number of halogens is 1. The number of aromatic hydroxyl groups is 1. The van der Waals surface area contributed by atoms with E-state index in [1.807, 2.05) is 94.6 Å². The Morgan fingerprint density at radius 3 is 1.78 bits per heavy atom. The predicted octanol–water partition coefficient (Wildman–Crippen LogP) is 6.59. The first-order chi connectivity index (χ1) is 18.7. The lowest BCUT2D eigenvalue weighted by Crippen LogP contribution is -2.28. The fourth-order valence-electron chi connectivity index (χ4n) is 5.03. The molecule has 1 heterocycles. The Hall–Kier alpha value is -3.84. The van der Waals surface area contributed by atoms with Crippen molar-refractivity contribution in [2.45, 2.75) is 78.3 Å². The van der Waals surface area contributed by atoms with Gasteiger partial charge < -0.3 is 19.3 Å². The van der Waals surface area contributed by atoms with Gasteiger partial charge in [0.1, 0.15) is 5.75 Å². The Morgan fingerprint density at radius 2 is 1.29 bits per heavy atom. The molecular formula is C33H40ClN3O4. The number of fused-ring (bicyclic) bond motifs is 1. The zero-order valence-electron chi connectivity index (χ0n) is 24.6. The van der Waals surface area contributed by atoms with Gasteiger partial charge in [0, 0.05) is 23.1 Å². The predicted molar refractivity (Wildman–Crippen MR) is 164 cm³/mol. The Balaban J connectivity index is 0.00000462. The highest BCUT2D eigenvalue weighted by Crippen LogP contribution is 2.40. The van der Waals surface area contributed by atoms with Crippen molar-refractivity contribution in [3.05, 3.63) is 94.1 Å². The number of para-hydroxylation sites is 2. The number of aromatic nitrogens is 2. The fraction of sp³-hybridized carbons (Fsp3) is 0.364. The lowest BCUT2D eigenvalue weighted by atomic mass is 9.78. The number of rotatable bonds is 8. The smallest absolute Gasteiger partial charge is 0.303 e. The number of carbonyl (C=O) groups excluding carboxylic acids is 1. The molecule has 0 aliphatic carbocycles. The summed E-state index contributed by atoms with van der Waals surface area (Å²) in [5.41, 5.74) is 5.08. The van der Waals surface area contributed by atoms with Crippen LogP contribution in [0.3, 0.4) is 0 Å². The summed E-state index contributed by atoms with van der Waals surface area (Å²) < 4.78 is 3.62. The molecule has 218 valence electrons. The van der Waals surface area contributed by atoms with Crippen molar-refractivity contribution in [2.24, 2.45) is 0 Å². The summed E-state index contributed by atoms with van der Waals surface area (Å²) in [5, 5.41) is 29.0. The van der Waals surface area contributed by atoms with Crippen molar-refractivity contribution in [3.63, 3.8) is 0 Å². The van der Waals surface area contributed by atoms with E-state index < -0.39 is 5.97 Å². The Labute approximate surface area is 247 Å². The van der Waals surface area contributed by atoms with Crippen molar-refractivity contribution in [1.82, 2.24) is 9.13 Å². The molecule has 0 bridgehead atoms. The number of carboxylic acid groups (broad SMARTS) is 1. The number of Topliss-reactive ketones (excluding diaryl/α,β-unsaturated/α-hetero) is 1. The topological polar surface area (TPSA) is 108 Å². The lowest BCUT2D eigenvalue weighted by molar-refractivity contribution is -0.136. The van der Waals surface area contributed by atoms with E-state index >= 15 is 0 Å². The molecule has 41 heavy (non-hydrogen) atoms. The van der Waals surface area contributed by atoms with Gasteiger partial charge in [-0.2, -0.15) is 0 Å². The van der Waals surface area contributed by atoms with Gasteiger partial charge in [-0.1, -0.05) is 77.9 Å². The third-order valence-electron chi connectivity index (χ3n) is 7.32. The van der Waals surface area contributed by atoms with Crippen LogP contribution in [0.1, 0.15) is 80.6 Å². The van der Waals surface area contributed by atoms with E-state index in [1.165, 1.54) is 0 Å². The van der Waals surface area contributed by atoms with Crippen LogP contribution in [0.2, 0.25) is 0 Å². The number of nitrogens with one attached hydrogen (secondary N) is 1. The quantitative estimate of drug-likeness (QED) is 0.205. The SMILES string of the molecule is CC(C)(C)c1cc(C(=O)Cn2c(=N)n(Cc3ccc(CCC(=O)O)cc3)c3ccccc32)cc(C(C)(C)C)c1O.Cl. The summed E-state index contributed by atoms with van der Waals surface area (Å²) in [6, 6.07) is 19.1. The van der Waals surface area contributed by atoms with Gasteiger partial charge in [-0.3, -0.25) is 15.0 Å². The van der Waals surface area contributed by atoms with Crippen molar-refractivity contribution in [3.8, 4) is 5.75 Å². The minimum atomic E-state index is -0.822. The molecule has 0 fully saturated rings. The van der Waals surface area contributed by atoms with Gasteiger partial charge in [0.2, 0.25) is 5.62 Å². The zero-order valence-corrected chi connectivity index (χ0v) is 25.4. The molecule has 0 unspecified atom stereocenters. The normalized spacial score (nSPS) is 11.9. The molecule has 0 atom stereocenters. The largest absolute Gasteiger partial charge is 0.507 e. The van der Waals surface area contributed by atoms with Crippen molar-refractivity contribution in [1.29, 1.82) is 5.41 Å². The molecule has 8 heteroatoms. The van der Waals surface area contributed by atoms with E-state index in [0.29, 0.717) is 18.5 Å². The van der Waals surface area contributed by atoms with Crippen LogP contribution in [0.25, 0.3) is 11.0 Å². The highest BCUT2D eigenvalue weighted by atomic mass is 35.5. The number of ketones is 1. The number of carbonyl (C=O) groups is 2. The molecule has 4 rings (SSSR count). The molecule has 4 aromatic rings. The van der Waals surface area contributed by atoms with Crippen LogP contribution in [-0.4, -0.2) is 31.1 Å². The second kappa shape index (κ2) is 12.0. The monoisotopic (exact) mass is 577 g/mol. The molecule has 3 aromatic carbocycles. The maximum Gasteiger partial charge on any atom is 0.303 e. The summed E-state index contributed by atoms with van der Waals surface area (Å²) in [7, 11) is 0. The maximum atomic E-state index is 13.8. The van der Waals surface area contributed by atoms with E-state index in [-0.39, 0.29) is 53.4 Å². The van der Waals surface area contributed by atoms with Crippen LogP contribution in [0.15, 0.2) is 60.7 Å². The zero-order chi connectivity index (χ0) is 29.4. The first-order valence-electron chi connectivity index (χ1n) is 13.6. The number of carboxylic acids is 1. The number of aliphatic carboxylic acids is 1. The number of benzene rings is 3. The van der Waals surface area contributed by atoms with Gasteiger partial charge in [-0.05, 0) is 52.6 Å². The van der Waals surface area contributed by atoms with Crippen LogP contribution < -0.4 is 5.62 Å². The van der Waals surface area contributed by atoms with Crippen LogP contribution in [-0.2, 0) is 35.1 Å². The molecule has 0 radical (unpaired) electrons. The molecule has 0 amide bonds. The molecule has 1 aromatic heterocycles. The molecule has 7 nitrogen and oxygen atoms in total. The number of phenols is 1. The highest BCUT2D eigenvalue weighted by molar-refractivity contribution is 5.97. The van der Waals surface area contributed by atoms with E-state index in [0.717, 1.165) is 33.3 Å². The number of aryl methyl sites for hydroxylation is 1. The summed E-state index contributed by atoms with van der Waals surface area (Å²) in [6.45, 7) is 12.6. The van der Waals surface area contributed by atoms with Crippen molar-refractivity contribution in [2.75, 3.05) is 0 Å². The molecule has 0 saturated carbocycles. The minimum Gasteiger partial charge on any atom is -0.507 e. The van der Waals surface area contributed by atoms with Crippen molar-refractivity contribution < 1.29 is 19.8 Å². The molecule has 0 aliphatic heterocycles. The van der Waals surface area contributed by atoms with E-state index in [4.69, 9.17) is 10.5 Å². The molecule has 3 N–H and O–H groups in total. The van der Waals surface area contributed by atoms with Crippen LogP contribution in [0, 0.1) is 5.41 Å². The second-order valence-electron chi connectivity index (χ2n) is 12.5. The Bertz CT molecular complexity index is 1600. The summed E-state index contributed by atoms with van der Waals surface area (Å²) >= 11 is 0. The van der Waals surface area contributed by atoms with Crippen LogP contribution >= 0.6 is 12.4 Å². The van der Waals surface area contributed by atoms with Gasteiger partial charge in [-0.15, -0.1) is 12.4 Å². The first kappa shape index (κ1) is 31.7.